The second-order valence-corrected chi connectivity index (χ2v) is 7.79. The van der Waals surface area contributed by atoms with Gasteiger partial charge in [-0.15, -0.1) is 5.10 Å². The Morgan fingerprint density at radius 1 is 1.18 bits per heavy atom. The summed E-state index contributed by atoms with van der Waals surface area (Å²) in [4.78, 5) is 5.99. The lowest BCUT2D eigenvalue weighted by Gasteiger charge is -2.09. The molecule has 1 atom stereocenters. The highest BCUT2D eigenvalue weighted by atomic mass is 32.2. The number of aliphatic hydroxyl groups excluding tert-OH is 1. The van der Waals surface area contributed by atoms with Crippen molar-refractivity contribution in [2.24, 2.45) is 0 Å². The molecule has 3 aromatic rings. The van der Waals surface area contributed by atoms with Crippen LogP contribution in [0.5, 0.6) is 0 Å². The Morgan fingerprint density at radius 3 is 2.54 bits per heavy atom. The number of nitrogens with one attached hydrogen (secondary N) is 2. The van der Waals surface area contributed by atoms with E-state index in [9.17, 15) is 9.50 Å². The van der Waals surface area contributed by atoms with Gasteiger partial charge < -0.3 is 10.4 Å². The van der Waals surface area contributed by atoms with Crippen molar-refractivity contribution >= 4 is 29.7 Å². The zero-order valence-corrected chi connectivity index (χ0v) is 16.7. The molecule has 0 radical (unpaired) electrons. The number of aliphatic hydroxyl groups is 1. The summed E-state index contributed by atoms with van der Waals surface area (Å²) in [5, 5.41) is 24.1. The number of nitrogens with zero attached hydrogens (tertiary/aromatic N) is 3. The highest BCUT2D eigenvalue weighted by Crippen LogP contribution is 2.32. The van der Waals surface area contributed by atoms with Crippen LogP contribution in [0.3, 0.4) is 0 Å². The number of rotatable bonds is 7. The predicted octanol–water partition coefficient (Wildman–Crippen LogP) is 4.94. The summed E-state index contributed by atoms with van der Waals surface area (Å²) in [5.74, 6) is 0.541. The average molecular weight is 399 g/mol. The van der Waals surface area contributed by atoms with Gasteiger partial charge in [0.25, 0.3) is 0 Å². The van der Waals surface area contributed by atoms with Gasteiger partial charge in [0, 0.05) is 15.7 Å². The molecule has 0 amide bonds. The second-order valence-electron chi connectivity index (χ2n) is 6.64. The first-order valence-electron chi connectivity index (χ1n) is 8.87. The van der Waals surface area contributed by atoms with Crippen molar-refractivity contribution in [2.75, 3.05) is 5.32 Å². The molecule has 2 aromatic carbocycles. The third-order valence-corrected chi connectivity index (χ3v) is 5.04. The Hall–Kier alpha value is -2.71. The highest BCUT2D eigenvalue weighted by Gasteiger charge is 2.14. The van der Waals surface area contributed by atoms with Gasteiger partial charge in [-0.05, 0) is 42.8 Å². The molecule has 0 aliphatic rings. The van der Waals surface area contributed by atoms with Crippen LogP contribution in [-0.2, 0) is 0 Å². The second kappa shape index (κ2) is 8.53. The topological polar surface area (TPSA) is 86.8 Å². The normalized spacial score (nSPS) is 12.2. The number of hydrogen-bond acceptors (Lipinski definition) is 6. The molecule has 146 valence electrons. The minimum Gasteiger partial charge on any atom is -0.389 e. The van der Waals surface area contributed by atoms with Crippen molar-refractivity contribution in [3.05, 3.63) is 59.7 Å². The summed E-state index contributed by atoms with van der Waals surface area (Å²) < 4.78 is 15.9. The van der Waals surface area contributed by atoms with Crippen molar-refractivity contribution in [1.82, 2.24) is 14.8 Å². The van der Waals surface area contributed by atoms with Gasteiger partial charge in [-0.1, -0.05) is 37.7 Å². The van der Waals surface area contributed by atoms with Crippen LogP contribution < -0.4 is 5.32 Å². The number of halogens is 1. The Morgan fingerprint density at radius 2 is 1.93 bits per heavy atom. The van der Waals surface area contributed by atoms with Gasteiger partial charge in [0.15, 0.2) is 0 Å². The fourth-order valence-electron chi connectivity index (χ4n) is 2.63. The summed E-state index contributed by atoms with van der Waals surface area (Å²) in [7, 11) is 0. The fourth-order valence-corrected chi connectivity index (χ4v) is 3.54. The van der Waals surface area contributed by atoms with Crippen LogP contribution in [0.1, 0.15) is 44.2 Å². The quantitative estimate of drug-likeness (QED) is 0.387. The largest absolute Gasteiger partial charge is 0.389 e. The molecular formula is C20H22FN5OS. The van der Waals surface area contributed by atoms with Crippen LogP contribution in [-0.4, -0.2) is 26.2 Å². The van der Waals surface area contributed by atoms with Gasteiger partial charge >= 0.3 is 0 Å². The molecule has 0 saturated carbocycles. The fraction of sp³-hybridized carbons (Fsp3) is 0.250. The van der Waals surface area contributed by atoms with Crippen LogP contribution >= 0.6 is 11.8 Å². The average Bonchev–Trinajstić information content (AvgIpc) is 3.07. The van der Waals surface area contributed by atoms with E-state index in [-0.39, 0.29) is 17.6 Å². The molecule has 1 unspecified atom stereocenters. The van der Waals surface area contributed by atoms with E-state index in [1.807, 2.05) is 44.2 Å². The zero-order chi connectivity index (χ0) is 20.3. The summed E-state index contributed by atoms with van der Waals surface area (Å²) in [6.45, 7) is 5.61. The first kappa shape index (κ1) is 20.0. The Labute approximate surface area is 167 Å². The molecule has 3 rings (SSSR count). The maximum atomic E-state index is 14.6. The highest BCUT2D eigenvalue weighted by molar-refractivity contribution is 7.99. The van der Waals surface area contributed by atoms with E-state index in [1.165, 1.54) is 22.5 Å². The minimum atomic E-state index is -0.548. The van der Waals surface area contributed by atoms with Gasteiger partial charge in [0.1, 0.15) is 18.0 Å². The molecule has 0 aliphatic heterocycles. The van der Waals surface area contributed by atoms with Crippen molar-refractivity contribution in [3.8, 4) is 0 Å². The first-order valence-corrected chi connectivity index (χ1v) is 9.68. The molecule has 8 heteroatoms. The van der Waals surface area contributed by atoms with Crippen LogP contribution in [0.15, 0.2) is 52.3 Å². The van der Waals surface area contributed by atoms with Crippen LogP contribution in [0.4, 0.5) is 16.0 Å². The van der Waals surface area contributed by atoms with Gasteiger partial charge in [-0.2, -0.15) is 4.98 Å². The Balaban J connectivity index is 1.77. The maximum Gasteiger partial charge on any atom is 0.247 e. The summed E-state index contributed by atoms with van der Waals surface area (Å²) in [6, 6.07) is 12.4. The Bertz CT molecular complexity index is 986. The molecule has 1 heterocycles. The molecule has 1 aromatic heterocycles. The lowest BCUT2D eigenvalue weighted by Crippen LogP contribution is -2.04. The molecule has 0 aliphatic carbocycles. The van der Waals surface area contributed by atoms with Crippen molar-refractivity contribution in [2.45, 2.75) is 42.6 Å². The van der Waals surface area contributed by atoms with Crippen molar-refractivity contribution in [3.63, 3.8) is 0 Å². The van der Waals surface area contributed by atoms with Crippen molar-refractivity contribution in [1.29, 1.82) is 5.41 Å². The van der Waals surface area contributed by atoms with Crippen molar-refractivity contribution < 1.29 is 9.50 Å². The molecular weight excluding hydrogens is 377 g/mol. The van der Waals surface area contributed by atoms with Crippen LogP contribution in [0, 0.1) is 11.2 Å². The predicted molar refractivity (Wildman–Crippen MR) is 109 cm³/mol. The van der Waals surface area contributed by atoms with E-state index in [0.29, 0.717) is 5.82 Å². The van der Waals surface area contributed by atoms with E-state index in [0.717, 1.165) is 21.7 Å². The van der Waals surface area contributed by atoms with Gasteiger partial charge in [0.2, 0.25) is 5.95 Å². The number of anilines is 2. The zero-order valence-electron chi connectivity index (χ0n) is 15.8. The maximum absolute atomic E-state index is 14.6. The van der Waals surface area contributed by atoms with Crippen LogP contribution in [0.2, 0.25) is 0 Å². The monoisotopic (exact) mass is 399 g/mol. The summed E-state index contributed by atoms with van der Waals surface area (Å²) in [5.41, 5.74) is 1.08. The summed E-state index contributed by atoms with van der Waals surface area (Å²) in [6.07, 6.45) is 0.526. The van der Waals surface area contributed by atoms with Gasteiger partial charge in [0.05, 0.1) is 11.8 Å². The molecule has 0 bridgehead atoms. The van der Waals surface area contributed by atoms with E-state index in [2.05, 4.69) is 15.4 Å². The molecule has 0 fully saturated rings. The lowest BCUT2D eigenvalue weighted by atomic mass is 10.1. The van der Waals surface area contributed by atoms with E-state index >= 15 is 0 Å². The van der Waals surface area contributed by atoms with E-state index in [1.54, 1.807) is 13.0 Å². The van der Waals surface area contributed by atoms with E-state index in [4.69, 9.17) is 5.41 Å². The van der Waals surface area contributed by atoms with Gasteiger partial charge in [-0.25, -0.2) is 9.07 Å². The molecule has 28 heavy (non-hydrogen) atoms. The lowest BCUT2D eigenvalue weighted by molar-refractivity contribution is 0.199. The Kier molecular flexibility index (Phi) is 6.11. The number of benzene rings is 2. The molecule has 0 saturated heterocycles. The van der Waals surface area contributed by atoms with Gasteiger partial charge in [-0.3, -0.25) is 5.41 Å². The van der Waals surface area contributed by atoms with E-state index < -0.39 is 11.9 Å². The standard InChI is InChI=1S/C20H22FN5OS/c1-12(2)19-24-20(25-26(19)11-22)23-18-8-7-16(10-17(18)21)28-15-6-4-5-14(9-15)13(3)27/h4-13,22,27H,1-3H3,(H,23,25). The smallest absolute Gasteiger partial charge is 0.247 e. The molecule has 3 N–H and O–H groups in total. The molecule has 6 nitrogen and oxygen atoms in total. The SMILES string of the molecule is CC(C)c1nc(Nc2ccc(Sc3cccc(C(C)O)c3)cc2F)nn1C=N. The first-order chi connectivity index (χ1) is 13.4. The minimum absolute atomic E-state index is 0.0886. The number of hydrogen-bond donors (Lipinski definition) is 3. The number of aromatic nitrogens is 3. The third kappa shape index (κ3) is 4.58. The van der Waals surface area contributed by atoms with Crippen LogP contribution in [0.25, 0.3) is 0 Å². The molecule has 0 spiro atoms. The summed E-state index contributed by atoms with van der Waals surface area (Å²) >= 11 is 1.42. The third-order valence-electron chi connectivity index (χ3n) is 4.06.